The first-order valence-corrected chi connectivity index (χ1v) is 11.7. The lowest BCUT2D eigenvalue weighted by atomic mass is 10.1. The van der Waals surface area contributed by atoms with Crippen LogP contribution in [0, 0.1) is 11.8 Å². The Kier molecular flexibility index (Phi) is 4.37. The molecule has 2 aliphatic carbocycles. The van der Waals surface area contributed by atoms with Gasteiger partial charge in [-0.15, -0.1) is 0 Å². The average Bonchev–Trinajstić information content (AvgIpc) is 3.20. The minimum absolute atomic E-state index is 0.0220. The fourth-order valence-electron chi connectivity index (χ4n) is 5.04. The van der Waals surface area contributed by atoms with Crippen molar-refractivity contribution in [3.05, 3.63) is 60.7 Å². The van der Waals surface area contributed by atoms with Crippen LogP contribution in [-0.2, 0) is 4.43 Å². The molecule has 0 aromatic heterocycles. The average molecular weight is 367 g/mol. The van der Waals surface area contributed by atoms with E-state index in [0.717, 1.165) is 25.9 Å². The predicted octanol–water partition coefficient (Wildman–Crippen LogP) is 3.72. The summed E-state index contributed by atoms with van der Waals surface area (Å²) < 4.78 is 7.02. The van der Waals surface area contributed by atoms with Crippen LogP contribution >= 0.6 is 0 Å². The molecule has 0 radical (unpaired) electrons. The lowest BCUT2D eigenvalue weighted by Crippen LogP contribution is -2.66. The molecule has 2 aromatic rings. The number of aliphatic hydroxyl groups is 1. The molecule has 0 amide bonds. The second-order valence-electron chi connectivity index (χ2n) is 9.19. The molecule has 26 heavy (non-hydrogen) atoms. The molecule has 0 aliphatic heterocycles. The molecule has 0 spiro atoms. The largest absolute Gasteiger partial charge is 0.407 e. The van der Waals surface area contributed by atoms with E-state index in [1.165, 1.54) is 10.4 Å². The van der Waals surface area contributed by atoms with Gasteiger partial charge in [-0.25, -0.2) is 0 Å². The number of hydrogen-bond donors (Lipinski definition) is 1. The van der Waals surface area contributed by atoms with Crippen LogP contribution in [0.15, 0.2) is 60.7 Å². The summed E-state index contributed by atoms with van der Waals surface area (Å²) in [5.74, 6) is 0.961. The van der Waals surface area contributed by atoms with E-state index in [2.05, 4.69) is 81.4 Å². The molecule has 2 aromatic carbocycles. The van der Waals surface area contributed by atoms with Gasteiger partial charge in [-0.1, -0.05) is 81.4 Å². The molecule has 2 saturated carbocycles. The minimum atomic E-state index is -2.43. The van der Waals surface area contributed by atoms with E-state index in [4.69, 9.17) is 4.43 Å². The summed E-state index contributed by atoms with van der Waals surface area (Å²) in [6.07, 6.45) is 3.02. The summed E-state index contributed by atoms with van der Waals surface area (Å²) in [5, 5.41) is 13.1. The van der Waals surface area contributed by atoms with E-state index < -0.39 is 8.32 Å². The van der Waals surface area contributed by atoms with Crippen molar-refractivity contribution < 1.29 is 9.53 Å². The zero-order valence-corrected chi connectivity index (χ0v) is 17.1. The molecule has 0 saturated heterocycles. The molecule has 0 bridgehead atoms. The second kappa shape index (κ2) is 6.33. The molecule has 0 heterocycles. The standard InChI is InChI=1S/C23H30O2Si/c1-22(2,3)26(19-10-6-4-7-11-19,20-12-8-5-9-13-20)25-17-18-14-15-23(24)16-21(18)23/h4-13,18,21,24H,14-17H2,1-3H3. The Morgan fingerprint density at radius 3 is 1.92 bits per heavy atom. The Bertz CT molecular complexity index is 713. The van der Waals surface area contributed by atoms with E-state index in [1.54, 1.807) is 0 Å². The van der Waals surface area contributed by atoms with Gasteiger partial charge in [0.2, 0.25) is 0 Å². The first kappa shape index (κ1) is 18.0. The number of fused-ring (bicyclic) bond motifs is 1. The van der Waals surface area contributed by atoms with E-state index in [1.807, 2.05) is 0 Å². The number of hydrogen-bond acceptors (Lipinski definition) is 2. The van der Waals surface area contributed by atoms with E-state index in [9.17, 15) is 5.11 Å². The summed E-state index contributed by atoms with van der Waals surface area (Å²) in [6.45, 7) is 7.73. The molecule has 1 N–H and O–H groups in total. The van der Waals surface area contributed by atoms with Gasteiger partial charge in [0.15, 0.2) is 0 Å². The smallest absolute Gasteiger partial charge is 0.261 e. The lowest BCUT2D eigenvalue weighted by molar-refractivity contribution is 0.139. The quantitative estimate of drug-likeness (QED) is 0.817. The fourth-order valence-corrected chi connectivity index (χ4v) is 9.66. The molecular formula is C23H30O2Si. The van der Waals surface area contributed by atoms with Gasteiger partial charge >= 0.3 is 0 Å². The van der Waals surface area contributed by atoms with E-state index in [-0.39, 0.29) is 10.6 Å². The topological polar surface area (TPSA) is 29.5 Å². The highest BCUT2D eigenvalue weighted by Crippen LogP contribution is 2.59. The third-order valence-electron chi connectivity index (χ3n) is 6.55. The third-order valence-corrected chi connectivity index (χ3v) is 11.6. The molecule has 138 valence electrons. The van der Waals surface area contributed by atoms with Crippen molar-refractivity contribution in [3.63, 3.8) is 0 Å². The molecular weight excluding hydrogens is 336 g/mol. The molecule has 4 rings (SSSR count). The number of benzene rings is 2. The number of rotatable bonds is 5. The van der Waals surface area contributed by atoms with Gasteiger partial charge in [0.1, 0.15) is 0 Å². The van der Waals surface area contributed by atoms with E-state index >= 15 is 0 Å². The van der Waals surface area contributed by atoms with Crippen LogP contribution in [0.1, 0.15) is 40.0 Å². The minimum Gasteiger partial charge on any atom is -0.407 e. The first-order chi connectivity index (χ1) is 12.4. The SMILES string of the molecule is CC(C)(C)[Si](OCC1CCC2(O)CC12)(c1ccccc1)c1ccccc1. The van der Waals surface area contributed by atoms with E-state index in [0.29, 0.717) is 11.8 Å². The predicted molar refractivity (Wildman–Crippen MR) is 109 cm³/mol. The lowest BCUT2D eigenvalue weighted by Gasteiger charge is -2.43. The van der Waals surface area contributed by atoms with Crippen LogP contribution in [0.2, 0.25) is 5.04 Å². The highest BCUT2D eigenvalue weighted by Gasteiger charge is 2.61. The fraction of sp³-hybridized carbons (Fsp3) is 0.478. The van der Waals surface area contributed by atoms with Crippen molar-refractivity contribution in [3.8, 4) is 0 Å². The second-order valence-corrected chi connectivity index (χ2v) is 13.5. The van der Waals surface area contributed by atoms with Crippen LogP contribution in [0.5, 0.6) is 0 Å². The first-order valence-electron chi connectivity index (χ1n) is 9.84. The Hall–Kier alpha value is -1.42. The van der Waals surface area contributed by atoms with Crippen molar-refractivity contribution in [1.82, 2.24) is 0 Å². The maximum absolute atomic E-state index is 10.4. The Morgan fingerprint density at radius 1 is 1.00 bits per heavy atom. The molecule has 2 fully saturated rings. The molecule has 3 heteroatoms. The zero-order valence-electron chi connectivity index (χ0n) is 16.1. The van der Waals surface area contributed by atoms with Gasteiger partial charge in [0.05, 0.1) is 5.60 Å². The molecule has 3 atom stereocenters. The van der Waals surface area contributed by atoms with Crippen LogP contribution in [0.3, 0.4) is 0 Å². The highest BCUT2D eigenvalue weighted by atomic mass is 28.4. The van der Waals surface area contributed by atoms with Gasteiger partial charge in [-0.05, 0) is 46.5 Å². The van der Waals surface area contributed by atoms with Crippen LogP contribution in [-0.4, -0.2) is 25.6 Å². The van der Waals surface area contributed by atoms with Crippen LogP contribution < -0.4 is 10.4 Å². The molecule has 2 nitrogen and oxygen atoms in total. The van der Waals surface area contributed by atoms with Gasteiger partial charge in [0.25, 0.3) is 8.32 Å². The van der Waals surface area contributed by atoms with Crippen molar-refractivity contribution in [2.75, 3.05) is 6.61 Å². The summed E-state index contributed by atoms with van der Waals surface area (Å²) in [4.78, 5) is 0. The van der Waals surface area contributed by atoms with Crippen molar-refractivity contribution in [1.29, 1.82) is 0 Å². The molecule has 2 aliphatic rings. The van der Waals surface area contributed by atoms with Crippen molar-refractivity contribution >= 4 is 18.7 Å². The summed E-state index contributed by atoms with van der Waals surface area (Å²) in [7, 11) is -2.43. The maximum Gasteiger partial charge on any atom is 0.261 e. The van der Waals surface area contributed by atoms with Crippen molar-refractivity contribution in [2.45, 2.75) is 50.7 Å². The third kappa shape index (κ3) is 2.86. The van der Waals surface area contributed by atoms with Crippen LogP contribution in [0.25, 0.3) is 0 Å². The Morgan fingerprint density at radius 2 is 1.54 bits per heavy atom. The van der Waals surface area contributed by atoms with Gasteiger partial charge in [-0.3, -0.25) is 0 Å². The van der Waals surface area contributed by atoms with Crippen LogP contribution in [0.4, 0.5) is 0 Å². The van der Waals surface area contributed by atoms with Gasteiger partial charge in [0, 0.05) is 6.61 Å². The van der Waals surface area contributed by atoms with Gasteiger partial charge in [-0.2, -0.15) is 0 Å². The van der Waals surface area contributed by atoms with Crippen molar-refractivity contribution in [2.24, 2.45) is 11.8 Å². The molecule has 3 unspecified atom stereocenters. The van der Waals surface area contributed by atoms with Gasteiger partial charge < -0.3 is 9.53 Å². The summed E-state index contributed by atoms with van der Waals surface area (Å²) in [5.41, 5.74) is -0.362. The monoisotopic (exact) mass is 366 g/mol. The Balaban J connectivity index is 1.73. The summed E-state index contributed by atoms with van der Waals surface area (Å²) in [6, 6.07) is 21.6. The zero-order chi connectivity index (χ0) is 18.4. The normalized spacial score (nSPS) is 28.0. The Labute approximate surface area is 158 Å². The maximum atomic E-state index is 10.4. The highest BCUT2D eigenvalue weighted by molar-refractivity contribution is 6.99. The summed E-state index contributed by atoms with van der Waals surface area (Å²) >= 11 is 0.